The van der Waals surface area contributed by atoms with E-state index in [4.69, 9.17) is 26.3 Å². The predicted octanol–water partition coefficient (Wildman–Crippen LogP) is 0.937. The zero-order valence-corrected chi connectivity index (χ0v) is 43.4. The van der Waals surface area contributed by atoms with Gasteiger partial charge in [-0.05, 0) is 69.2 Å². The molecule has 0 atom stereocenters. The molecule has 3 heterocycles. The van der Waals surface area contributed by atoms with Crippen LogP contribution in [0, 0.1) is 0 Å². The quantitative estimate of drug-likeness (QED) is 0.163. The highest BCUT2D eigenvalue weighted by Crippen LogP contribution is 2.48. The molecule has 0 aromatic carbocycles. The third-order valence-corrected chi connectivity index (χ3v) is 17.4. The van der Waals surface area contributed by atoms with Crippen molar-refractivity contribution in [1.29, 1.82) is 0 Å². The smallest absolute Gasteiger partial charge is 0.344 e. The topological polar surface area (TPSA) is 272 Å². The minimum atomic E-state index is -3.74. The maximum atomic E-state index is 12.5. The number of morpholine rings is 1. The van der Waals surface area contributed by atoms with E-state index in [1.165, 1.54) is 27.0 Å². The fourth-order valence-corrected chi connectivity index (χ4v) is 12.0. The number of piperazine rings is 2. The van der Waals surface area contributed by atoms with E-state index in [1.54, 1.807) is 69.2 Å². The van der Waals surface area contributed by atoms with Crippen LogP contribution in [0.15, 0.2) is 0 Å². The maximum absolute atomic E-state index is 12.5. The molecule has 0 bridgehead atoms. The summed E-state index contributed by atoms with van der Waals surface area (Å²) in [6.07, 6.45) is -0.137. The lowest BCUT2D eigenvalue weighted by Gasteiger charge is -2.34. The molecule has 0 aliphatic carbocycles. The minimum Gasteiger partial charge on any atom is -0.379 e. The van der Waals surface area contributed by atoms with Crippen LogP contribution in [-0.2, 0) is 86.3 Å². The van der Waals surface area contributed by atoms with Crippen LogP contribution in [0.2, 0.25) is 0 Å². The number of hydrogen-bond acceptors (Lipinski definition) is 19. The first-order valence-electron chi connectivity index (χ1n) is 20.0. The van der Waals surface area contributed by atoms with Gasteiger partial charge in [-0.25, -0.2) is 8.42 Å². The van der Waals surface area contributed by atoms with E-state index < -0.39 is 64.9 Å². The van der Waals surface area contributed by atoms with Gasteiger partial charge in [0.1, 0.15) is 6.29 Å². The molecule has 0 N–H and O–H groups in total. The molecular weight excluding hydrogens is 948 g/mol. The van der Waals surface area contributed by atoms with Crippen molar-refractivity contribution in [1.82, 2.24) is 26.4 Å². The summed E-state index contributed by atoms with van der Waals surface area (Å²) in [6, 6.07) is 0. The predicted molar refractivity (Wildman–Crippen MR) is 234 cm³/mol. The van der Waals surface area contributed by atoms with Gasteiger partial charge in [0.15, 0.2) is 0 Å². The van der Waals surface area contributed by atoms with Crippen molar-refractivity contribution in [2.24, 2.45) is 0 Å². The van der Waals surface area contributed by atoms with E-state index in [1.807, 2.05) is 4.90 Å². The summed E-state index contributed by atoms with van der Waals surface area (Å²) < 4.78 is 168. The van der Waals surface area contributed by atoms with Crippen molar-refractivity contribution < 1.29 is 77.2 Å². The standard InChI is InChI=1S/C12H27N2O6PS.C8H18N2O5S2.C7H15NO4S.C5H13NO3S/c1-5-18-21(15,19-6-2)11-13-7-9-14(10-8-13)22(16,17)20-12(3)4;1-8(2)15-17(13,14)10-6-4-9(5-7-10)16(3,11)12;1-7(2)12-13(9,10)8-3-5-11-6-4-8;1-5(2)9-10(7,8)6(3)4/h12H,5-11H2,1-4H3;8H,4-7H2,1-3H3;7H,3-6H2,1-2H3;5H,1-4H3. The van der Waals surface area contributed by atoms with Gasteiger partial charge in [-0.2, -0.15) is 55.2 Å². The van der Waals surface area contributed by atoms with Gasteiger partial charge >= 0.3 is 48.8 Å². The van der Waals surface area contributed by atoms with E-state index in [9.17, 15) is 46.7 Å². The summed E-state index contributed by atoms with van der Waals surface area (Å²) in [7, 11) is -18.0. The summed E-state index contributed by atoms with van der Waals surface area (Å²) >= 11 is 0. The zero-order valence-electron chi connectivity index (χ0n) is 38.4. The zero-order chi connectivity index (χ0) is 48.3. The fourth-order valence-electron chi connectivity index (χ4n) is 5.09. The average Bonchev–Trinajstić information content (AvgIpc) is 3.11. The largest absolute Gasteiger partial charge is 0.379 e. The lowest BCUT2D eigenvalue weighted by molar-refractivity contribution is 0.0645. The Morgan fingerprint density at radius 1 is 0.516 bits per heavy atom. The van der Waals surface area contributed by atoms with Crippen LogP contribution in [0.5, 0.6) is 0 Å². The molecule has 3 saturated heterocycles. The molecule has 0 amide bonds. The SMILES string of the molecule is CC(C)OS(=O)(=O)N(C)C.CC(C)OS(=O)(=O)N1CCN(S(C)(=O)=O)CC1.CC(C)OS(=O)(=O)N1CCOCC1.CCOP(=O)(CN1CCN(S(=O)(=O)OC(C)C)CC1)OCC. The van der Waals surface area contributed by atoms with Gasteiger partial charge in [0.2, 0.25) is 10.0 Å². The van der Waals surface area contributed by atoms with Crippen molar-refractivity contribution in [3.63, 3.8) is 0 Å². The second kappa shape index (κ2) is 27.9. The lowest BCUT2D eigenvalue weighted by atomic mass is 10.4. The molecule has 3 fully saturated rings. The molecule has 374 valence electrons. The Morgan fingerprint density at radius 2 is 0.823 bits per heavy atom. The molecule has 0 unspecified atom stereocenters. The second-order valence-electron chi connectivity index (χ2n) is 14.9. The van der Waals surface area contributed by atoms with Crippen molar-refractivity contribution in [3.8, 4) is 0 Å². The van der Waals surface area contributed by atoms with Crippen LogP contribution in [0.1, 0.15) is 69.2 Å². The van der Waals surface area contributed by atoms with E-state index in [-0.39, 0.29) is 50.8 Å². The van der Waals surface area contributed by atoms with Crippen LogP contribution in [0.4, 0.5) is 0 Å². The van der Waals surface area contributed by atoms with Crippen molar-refractivity contribution in [2.45, 2.75) is 93.7 Å². The Kier molecular flexibility index (Phi) is 27.7. The summed E-state index contributed by atoms with van der Waals surface area (Å²) in [5.41, 5.74) is 0. The molecule has 0 aromatic rings. The minimum absolute atomic E-state index is 0.127. The highest BCUT2D eigenvalue weighted by molar-refractivity contribution is 7.88. The number of hydrogen-bond donors (Lipinski definition) is 0. The summed E-state index contributed by atoms with van der Waals surface area (Å²) in [5.74, 6) is 0. The first kappa shape index (κ1) is 61.5. The van der Waals surface area contributed by atoms with E-state index in [2.05, 4.69) is 4.18 Å². The van der Waals surface area contributed by atoms with Gasteiger partial charge in [0.05, 0.1) is 57.1 Å². The van der Waals surface area contributed by atoms with Crippen LogP contribution >= 0.6 is 7.60 Å². The van der Waals surface area contributed by atoms with Crippen LogP contribution in [0.25, 0.3) is 0 Å². The molecular formula is C32H73N6O18PS5. The first-order chi connectivity index (χ1) is 28.2. The van der Waals surface area contributed by atoms with Crippen LogP contribution < -0.4 is 0 Å². The molecule has 0 spiro atoms. The Balaban J connectivity index is 0.000000833. The Morgan fingerprint density at radius 3 is 1.10 bits per heavy atom. The van der Waals surface area contributed by atoms with Gasteiger partial charge in [0.25, 0.3) is 0 Å². The molecule has 3 aliphatic heterocycles. The third kappa shape index (κ3) is 24.8. The molecule has 0 radical (unpaired) electrons. The maximum Gasteiger partial charge on any atom is 0.344 e. The van der Waals surface area contributed by atoms with E-state index in [0.29, 0.717) is 65.7 Å². The Labute approximate surface area is 373 Å². The average molecular weight is 1020 g/mol. The van der Waals surface area contributed by atoms with Crippen LogP contribution in [0.3, 0.4) is 0 Å². The third-order valence-electron chi connectivity index (χ3n) is 7.64. The molecule has 0 aromatic heterocycles. The Bertz CT molecular complexity index is 1870. The van der Waals surface area contributed by atoms with E-state index >= 15 is 0 Å². The number of nitrogens with zero attached hydrogens (tertiary/aromatic N) is 6. The summed E-state index contributed by atoms with van der Waals surface area (Å²) in [4.78, 5) is 1.90. The molecule has 24 nitrogen and oxygen atoms in total. The van der Waals surface area contributed by atoms with Crippen molar-refractivity contribution in [2.75, 3.05) is 119 Å². The lowest BCUT2D eigenvalue weighted by Crippen LogP contribution is -2.50. The van der Waals surface area contributed by atoms with Crippen LogP contribution in [-0.4, -0.2) is 211 Å². The highest BCUT2D eigenvalue weighted by atomic mass is 32.3. The number of sulfonamides is 1. The first-order valence-corrected chi connectivity index (χ1v) is 29.1. The van der Waals surface area contributed by atoms with Gasteiger partial charge in [-0.3, -0.25) is 26.2 Å². The van der Waals surface area contributed by atoms with Gasteiger partial charge < -0.3 is 13.8 Å². The normalized spacial score (nSPS) is 18.9. The number of rotatable bonds is 19. The Hall–Kier alpha value is -0.540. The second-order valence-corrected chi connectivity index (χ2v) is 25.3. The monoisotopic (exact) mass is 1020 g/mol. The fraction of sp³-hybridized carbons (Fsp3) is 1.00. The summed E-state index contributed by atoms with van der Waals surface area (Å²) in [6.45, 7) is 21.3. The van der Waals surface area contributed by atoms with Crippen molar-refractivity contribution >= 4 is 58.8 Å². The van der Waals surface area contributed by atoms with Crippen molar-refractivity contribution in [3.05, 3.63) is 0 Å². The molecule has 3 rings (SSSR count). The highest BCUT2D eigenvalue weighted by Gasteiger charge is 2.34. The molecule has 0 saturated carbocycles. The molecule has 62 heavy (non-hydrogen) atoms. The number of ether oxygens (including phenoxy) is 1. The van der Waals surface area contributed by atoms with Gasteiger partial charge in [-0.1, -0.05) is 0 Å². The molecule has 3 aliphatic rings. The van der Waals surface area contributed by atoms with E-state index in [0.717, 1.165) is 14.9 Å². The van der Waals surface area contributed by atoms with Gasteiger partial charge in [-0.15, -0.1) is 0 Å². The van der Waals surface area contributed by atoms with Gasteiger partial charge in [0, 0.05) is 79.5 Å². The molecule has 30 heteroatoms. The summed E-state index contributed by atoms with van der Waals surface area (Å²) in [5, 5.41) is 0.